The highest BCUT2D eigenvalue weighted by Gasteiger charge is 2.40. The van der Waals surface area contributed by atoms with E-state index in [4.69, 9.17) is 16.3 Å². The van der Waals surface area contributed by atoms with Gasteiger partial charge >= 0.3 is 0 Å². The Bertz CT molecular complexity index is 1380. The number of benzene rings is 3. The number of anilines is 3. The first-order valence-corrected chi connectivity index (χ1v) is 11.3. The predicted octanol–water partition coefficient (Wildman–Crippen LogP) is 5.31. The molecule has 35 heavy (non-hydrogen) atoms. The number of hydrogen-bond acceptors (Lipinski definition) is 5. The summed E-state index contributed by atoms with van der Waals surface area (Å²) in [6.45, 7) is 5.76. The number of methoxy groups -OCH3 is 1. The van der Waals surface area contributed by atoms with Crippen molar-refractivity contribution in [1.29, 1.82) is 0 Å². The van der Waals surface area contributed by atoms with Crippen LogP contribution in [-0.4, -0.2) is 24.8 Å². The van der Waals surface area contributed by atoms with Gasteiger partial charge in [-0.3, -0.25) is 14.4 Å². The molecule has 0 radical (unpaired) electrons. The second-order valence-corrected chi connectivity index (χ2v) is 8.72. The highest BCUT2D eigenvalue weighted by atomic mass is 35.5. The van der Waals surface area contributed by atoms with Gasteiger partial charge in [-0.25, -0.2) is 4.90 Å². The van der Waals surface area contributed by atoms with Gasteiger partial charge in [-0.15, -0.1) is 0 Å². The lowest BCUT2D eigenvalue weighted by molar-refractivity contribution is -0.120. The van der Waals surface area contributed by atoms with E-state index in [9.17, 15) is 14.4 Å². The van der Waals surface area contributed by atoms with E-state index in [0.29, 0.717) is 28.4 Å². The van der Waals surface area contributed by atoms with Crippen molar-refractivity contribution in [1.82, 2.24) is 0 Å². The number of amides is 3. The van der Waals surface area contributed by atoms with Gasteiger partial charge in [0, 0.05) is 16.9 Å². The minimum Gasteiger partial charge on any atom is -0.495 e. The highest BCUT2D eigenvalue weighted by Crippen LogP contribution is 2.36. The monoisotopic (exact) mass is 489 g/mol. The van der Waals surface area contributed by atoms with Crippen LogP contribution in [0, 0.1) is 20.8 Å². The molecule has 4 rings (SSSR count). The molecule has 2 N–H and O–H groups in total. The molecule has 0 fully saturated rings. The van der Waals surface area contributed by atoms with E-state index in [0.717, 1.165) is 21.6 Å². The number of rotatable bonds is 6. The number of halogens is 1. The molecule has 7 nitrogen and oxygen atoms in total. The lowest BCUT2D eigenvalue weighted by atomic mass is 10.1. The Morgan fingerprint density at radius 2 is 1.57 bits per heavy atom. The van der Waals surface area contributed by atoms with Crippen LogP contribution in [0.3, 0.4) is 0 Å². The van der Waals surface area contributed by atoms with Crippen LogP contribution < -0.4 is 20.3 Å². The molecule has 1 aliphatic heterocycles. The van der Waals surface area contributed by atoms with E-state index < -0.39 is 11.8 Å². The molecule has 0 saturated carbocycles. The average molecular weight is 490 g/mol. The normalized spacial score (nSPS) is 13.3. The Labute approximate surface area is 208 Å². The number of aryl methyl sites for hydroxylation is 3. The standard InChI is InChI=1S/C27H24ClN3O4/c1-15-8-9-22(35-4)21(13-15)31-26(33)23(28)24(27(31)34)29-19-7-5-6-18(14-19)25(32)30-20-11-16(2)10-17(3)12-20/h5-14,29H,1-4H3,(H,30,32). The second-order valence-electron chi connectivity index (χ2n) is 8.35. The third-order valence-electron chi connectivity index (χ3n) is 5.48. The summed E-state index contributed by atoms with van der Waals surface area (Å²) in [6, 6.07) is 17.6. The maximum Gasteiger partial charge on any atom is 0.283 e. The van der Waals surface area contributed by atoms with E-state index in [-0.39, 0.29) is 16.6 Å². The van der Waals surface area contributed by atoms with Gasteiger partial charge in [-0.1, -0.05) is 29.8 Å². The SMILES string of the molecule is COc1ccc(C)cc1N1C(=O)C(Cl)=C(Nc2cccc(C(=O)Nc3cc(C)cc(C)c3)c2)C1=O. The third kappa shape index (κ3) is 4.90. The van der Waals surface area contributed by atoms with Gasteiger partial charge < -0.3 is 15.4 Å². The Morgan fingerprint density at radius 1 is 0.857 bits per heavy atom. The van der Waals surface area contributed by atoms with Gasteiger partial charge in [-0.2, -0.15) is 0 Å². The lowest BCUT2D eigenvalue weighted by Gasteiger charge is -2.18. The van der Waals surface area contributed by atoms with Gasteiger partial charge in [0.2, 0.25) is 0 Å². The molecule has 3 amide bonds. The van der Waals surface area contributed by atoms with Crippen molar-refractivity contribution in [2.45, 2.75) is 20.8 Å². The summed E-state index contributed by atoms with van der Waals surface area (Å²) in [5, 5.41) is 5.55. The van der Waals surface area contributed by atoms with Gasteiger partial charge in [0.1, 0.15) is 16.5 Å². The number of ether oxygens (including phenoxy) is 1. The van der Waals surface area contributed by atoms with Gasteiger partial charge in [-0.05, 0) is 79.9 Å². The van der Waals surface area contributed by atoms with Crippen LogP contribution in [0.4, 0.5) is 17.1 Å². The summed E-state index contributed by atoms with van der Waals surface area (Å²) < 4.78 is 5.33. The molecule has 0 spiro atoms. The van der Waals surface area contributed by atoms with Crippen molar-refractivity contribution >= 4 is 46.4 Å². The quantitative estimate of drug-likeness (QED) is 0.458. The van der Waals surface area contributed by atoms with Crippen molar-refractivity contribution in [3.8, 4) is 5.75 Å². The molecule has 3 aromatic carbocycles. The van der Waals surface area contributed by atoms with Crippen LogP contribution in [0.2, 0.25) is 0 Å². The van der Waals surface area contributed by atoms with Gasteiger partial charge in [0.15, 0.2) is 0 Å². The van der Waals surface area contributed by atoms with E-state index in [1.54, 1.807) is 36.4 Å². The summed E-state index contributed by atoms with van der Waals surface area (Å²) in [4.78, 5) is 39.9. The largest absolute Gasteiger partial charge is 0.495 e. The second kappa shape index (κ2) is 9.64. The number of hydrogen-bond donors (Lipinski definition) is 2. The van der Waals surface area contributed by atoms with Crippen molar-refractivity contribution in [2.24, 2.45) is 0 Å². The topological polar surface area (TPSA) is 87.7 Å². The zero-order valence-corrected chi connectivity index (χ0v) is 20.5. The van der Waals surface area contributed by atoms with E-state index in [2.05, 4.69) is 10.6 Å². The van der Waals surface area contributed by atoms with Crippen molar-refractivity contribution in [3.05, 3.63) is 93.6 Å². The molecule has 1 aliphatic rings. The highest BCUT2D eigenvalue weighted by molar-refractivity contribution is 6.53. The molecule has 0 bridgehead atoms. The summed E-state index contributed by atoms with van der Waals surface area (Å²) in [5.41, 5.74) is 4.65. The number of nitrogens with one attached hydrogen (secondary N) is 2. The van der Waals surface area contributed by atoms with Crippen LogP contribution in [-0.2, 0) is 9.59 Å². The Hall–Kier alpha value is -4.10. The first kappa shape index (κ1) is 24.0. The zero-order chi connectivity index (χ0) is 25.3. The molecule has 0 aliphatic carbocycles. The van der Waals surface area contributed by atoms with Gasteiger partial charge in [0.05, 0.1) is 12.8 Å². The smallest absolute Gasteiger partial charge is 0.283 e. The first-order chi connectivity index (χ1) is 16.7. The molecular weight excluding hydrogens is 466 g/mol. The fraction of sp³-hybridized carbons (Fsp3) is 0.148. The van der Waals surface area contributed by atoms with Crippen molar-refractivity contribution in [3.63, 3.8) is 0 Å². The van der Waals surface area contributed by atoms with E-state index in [1.807, 2.05) is 45.0 Å². The molecule has 0 unspecified atom stereocenters. The van der Waals surface area contributed by atoms with E-state index >= 15 is 0 Å². The minimum absolute atomic E-state index is 0.0768. The molecule has 0 atom stereocenters. The van der Waals surface area contributed by atoms with Crippen molar-refractivity contribution in [2.75, 3.05) is 22.6 Å². The van der Waals surface area contributed by atoms with E-state index in [1.165, 1.54) is 7.11 Å². The molecule has 8 heteroatoms. The maximum atomic E-state index is 13.2. The van der Waals surface area contributed by atoms with Crippen LogP contribution >= 0.6 is 11.6 Å². The Morgan fingerprint density at radius 3 is 2.26 bits per heavy atom. The predicted molar refractivity (Wildman–Crippen MR) is 137 cm³/mol. The molecule has 178 valence electrons. The lowest BCUT2D eigenvalue weighted by Crippen LogP contribution is -2.32. The number of nitrogens with zero attached hydrogens (tertiary/aromatic N) is 1. The number of carbonyl (C=O) groups excluding carboxylic acids is 3. The first-order valence-electron chi connectivity index (χ1n) is 10.9. The molecular formula is C27H24ClN3O4. The zero-order valence-electron chi connectivity index (χ0n) is 19.7. The summed E-state index contributed by atoms with van der Waals surface area (Å²) in [6.07, 6.45) is 0. The average Bonchev–Trinajstić information content (AvgIpc) is 3.01. The molecule has 0 aromatic heterocycles. The number of imide groups is 1. The maximum absolute atomic E-state index is 13.2. The Balaban J connectivity index is 1.57. The fourth-order valence-electron chi connectivity index (χ4n) is 3.94. The summed E-state index contributed by atoms with van der Waals surface area (Å²) in [5.74, 6) is -1.22. The van der Waals surface area contributed by atoms with Crippen LogP contribution in [0.25, 0.3) is 0 Å². The van der Waals surface area contributed by atoms with Crippen LogP contribution in [0.1, 0.15) is 27.0 Å². The van der Waals surface area contributed by atoms with Crippen LogP contribution in [0.15, 0.2) is 71.4 Å². The number of carbonyl (C=O) groups is 3. The van der Waals surface area contributed by atoms with Crippen molar-refractivity contribution < 1.29 is 19.1 Å². The molecule has 1 heterocycles. The minimum atomic E-state index is -0.660. The summed E-state index contributed by atoms with van der Waals surface area (Å²) >= 11 is 6.28. The summed E-state index contributed by atoms with van der Waals surface area (Å²) in [7, 11) is 1.46. The Kier molecular flexibility index (Phi) is 6.62. The van der Waals surface area contributed by atoms with Gasteiger partial charge in [0.25, 0.3) is 17.7 Å². The fourth-order valence-corrected chi connectivity index (χ4v) is 4.15. The molecule has 0 saturated heterocycles. The van der Waals surface area contributed by atoms with Crippen LogP contribution in [0.5, 0.6) is 5.75 Å². The third-order valence-corrected chi connectivity index (χ3v) is 5.83. The molecule has 3 aromatic rings.